The highest BCUT2D eigenvalue weighted by molar-refractivity contribution is 7.91. The quantitative estimate of drug-likeness (QED) is 0.742. The number of rotatable bonds is 2. The maximum Gasteiger partial charge on any atom is 0.316 e. The molecule has 0 aromatic heterocycles. The molecule has 0 spiro atoms. The minimum Gasteiger partial charge on any atom is -0.299 e. The summed E-state index contributed by atoms with van der Waals surface area (Å²) >= 11 is 0. The van der Waals surface area contributed by atoms with Crippen molar-refractivity contribution in [2.24, 2.45) is 0 Å². The van der Waals surface area contributed by atoms with E-state index < -0.39 is 15.7 Å². The Balaban J connectivity index is 3.11. The molecular weight excluding hydrogens is 222 g/mol. The lowest BCUT2D eigenvalue weighted by atomic mass is 9.87. The van der Waals surface area contributed by atoms with Crippen molar-refractivity contribution in [1.82, 2.24) is 0 Å². The molecule has 0 aliphatic rings. The first kappa shape index (κ1) is 12.7. The second-order valence-corrected chi connectivity index (χ2v) is 6.64. The Kier molecular flexibility index (Phi) is 3.39. The van der Waals surface area contributed by atoms with Crippen molar-refractivity contribution >= 4 is 9.84 Å². The zero-order chi connectivity index (χ0) is 12.4. The second kappa shape index (κ2) is 4.26. The fourth-order valence-corrected chi connectivity index (χ4v) is 2.19. The third kappa shape index (κ3) is 2.83. The first-order chi connectivity index (χ1) is 7.27. The Hall–Kier alpha value is -1.34. The molecule has 0 N–H and O–H groups in total. The van der Waals surface area contributed by atoms with Gasteiger partial charge in [-0.1, -0.05) is 32.9 Å². The van der Waals surface area contributed by atoms with Crippen LogP contribution >= 0.6 is 0 Å². The molecule has 0 amide bonds. The summed E-state index contributed by atoms with van der Waals surface area (Å²) in [6.07, 6.45) is 0. The minimum atomic E-state index is -3.43. The smallest absolute Gasteiger partial charge is 0.299 e. The summed E-state index contributed by atoms with van der Waals surface area (Å²) in [5, 5.41) is 0. The molecule has 3 nitrogen and oxygen atoms in total. The Morgan fingerprint density at radius 2 is 1.69 bits per heavy atom. The Labute approximate surface area is 96.8 Å². The van der Waals surface area contributed by atoms with Crippen LogP contribution in [-0.2, 0) is 15.3 Å². The van der Waals surface area contributed by atoms with E-state index in [2.05, 4.69) is 25.6 Å². The van der Waals surface area contributed by atoms with E-state index in [9.17, 15) is 8.42 Å². The van der Waals surface area contributed by atoms with Gasteiger partial charge >= 0.3 is 5.88 Å². The van der Waals surface area contributed by atoms with Crippen LogP contribution in [0.25, 0.3) is 4.85 Å². The zero-order valence-corrected chi connectivity index (χ0v) is 10.5. The van der Waals surface area contributed by atoms with Crippen LogP contribution < -0.4 is 0 Å². The SMILES string of the molecule is [C-]#[N+]CS(=O)(=O)c1ccc(C(C)(C)C)cc1. The fraction of sp³-hybridized carbons (Fsp3) is 0.417. The van der Waals surface area contributed by atoms with Gasteiger partial charge in [-0.15, -0.1) is 0 Å². The van der Waals surface area contributed by atoms with Gasteiger partial charge in [-0.2, -0.15) is 0 Å². The van der Waals surface area contributed by atoms with E-state index >= 15 is 0 Å². The lowest BCUT2D eigenvalue weighted by Crippen LogP contribution is -2.11. The summed E-state index contributed by atoms with van der Waals surface area (Å²) in [6.45, 7) is 12.8. The van der Waals surface area contributed by atoms with Gasteiger partial charge in [0.05, 0.1) is 4.90 Å². The molecule has 16 heavy (non-hydrogen) atoms. The standard InChI is InChI=1S/C12H15NO2S/c1-12(2,3)10-5-7-11(8-6-10)16(14,15)9-13-4/h5-8H,9H2,1-3H3. The molecule has 0 saturated heterocycles. The summed E-state index contributed by atoms with van der Waals surface area (Å²) in [6, 6.07) is 6.75. The molecule has 0 saturated carbocycles. The molecule has 0 radical (unpaired) electrons. The normalized spacial score (nSPS) is 12.1. The third-order valence-electron chi connectivity index (χ3n) is 2.31. The number of benzene rings is 1. The molecule has 1 aromatic rings. The van der Waals surface area contributed by atoms with Crippen molar-refractivity contribution in [2.75, 3.05) is 5.88 Å². The average Bonchev–Trinajstić information content (AvgIpc) is 2.16. The molecule has 0 fully saturated rings. The van der Waals surface area contributed by atoms with E-state index in [4.69, 9.17) is 6.57 Å². The maximum atomic E-state index is 11.6. The number of nitrogens with zero attached hydrogens (tertiary/aromatic N) is 1. The van der Waals surface area contributed by atoms with Gasteiger partial charge in [0.1, 0.15) is 0 Å². The summed E-state index contributed by atoms with van der Waals surface area (Å²) in [5.74, 6) is -0.484. The van der Waals surface area contributed by atoms with Gasteiger partial charge < -0.3 is 0 Å². The van der Waals surface area contributed by atoms with Crippen LogP contribution in [0.2, 0.25) is 0 Å². The van der Waals surface area contributed by atoms with Crippen LogP contribution in [0.1, 0.15) is 26.3 Å². The average molecular weight is 237 g/mol. The number of hydrogen-bond acceptors (Lipinski definition) is 2. The topological polar surface area (TPSA) is 38.5 Å². The van der Waals surface area contributed by atoms with Crippen molar-refractivity contribution in [3.8, 4) is 0 Å². The van der Waals surface area contributed by atoms with Gasteiger partial charge in [-0.3, -0.25) is 4.85 Å². The minimum absolute atomic E-state index is 0.00207. The van der Waals surface area contributed by atoms with Crippen LogP contribution in [0, 0.1) is 6.57 Å². The van der Waals surface area contributed by atoms with Gasteiger partial charge in [-0.25, -0.2) is 15.0 Å². The monoisotopic (exact) mass is 237 g/mol. The van der Waals surface area contributed by atoms with Gasteiger partial charge in [0.2, 0.25) is 0 Å². The van der Waals surface area contributed by atoms with Crippen molar-refractivity contribution in [2.45, 2.75) is 31.1 Å². The lowest BCUT2D eigenvalue weighted by molar-refractivity contribution is 0.587. The zero-order valence-electron chi connectivity index (χ0n) is 9.69. The first-order valence-electron chi connectivity index (χ1n) is 4.94. The highest BCUT2D eigenvalue weighted by Gasteiger charge is 2.19. The van der Waals surface area contributed by atoms with Crippen molar-refractivity contribution in [1.29, 1.82) is 0 Å². The Morgan fingerprint density at radius 3 is 2.06 bits per heavy atom. The summed E-state index contributed by atoms with van der Waals surface area (Å²) in [4.78, 5) is 3.14. The van der Waals surface area contributed by atoms with Gasteiger partial charge in [0.15, 0.2) is 0 Å². The summed E-state index contributed by atoms with van der Waals surface area (Å²) in [7, 11) is -3.43. The molecule has 0 unspecified atom stereocenters. The molecule has 0 bridgehead atoms. The molecule has 0 aliphatic carbocycles. The molecule has 0 atom stereocenters. The number of hydrogen-bond donors (Lipinski definition) is 0. The van der Waals surface area contributed by atoms with E-state index in [0.29, 0.717) is 0 Å². The molecule has 0 aliphatic heterocycles. The van der Waals surface area contributed by atoms with Crippen molar-refractivity contribution in [3.05, 3.63) is 41.2 Å². The van der Waals surface area contributed by atoms with E-state index in [1.807, 2.05) is 0 Å². The van der Waals surface area contributed by atoms with Crippen LogP contribution in [-0.4, -0.2) is 14.3 Å². The van der Waals surface area contributed by atoms with E-state index in [1.165, 1.54) is 0 Å². The highest BCUT2D eigenvalue weighted by Crippen LogP contribution is 2.23. The number of sulfone groups is 1. The Morgan fingerprint density at radius 1 is 1.19 bits per heavy atom. The molecule has 1 aromatic carbocycles. The molecule has 1 rings (SSSR count). The van der Waals surface area contributed by atoms with Crippen LogP contribution in [0.5, 0.6) is 0 Å². The van der Waals surface area contributed by atoms with Crippen molar-refractivity contribution in [3.63, 3.8) is 0 Å². The van der Waals surface area contributed by atoms with Gasteiger partial charge in [0.25, 0.3) is 9.84 Å². The van der Waals surface area contributed by atoms with Crippen LogP contribution in [0.4, 0.5) is 0 Å². The first-order valence-corrected chi connectivity index (χ1v) is 6.59. The lowest BCUT2D eigenvalue weighted by Gasteiger charge is -2.18. The van der Waals surface area contributed by atoms with Crippen LogP contribution in [0.3, 0.4) is 0 Å². The summed E-state index contributed by atoms with van der Waals surface area (Å²) < 4.78 is 23.2. The molecular formula is C12H15NO2S. The fourth-order valence-electron chi connectivity index (χ4n) is 1.32. The Bertz CT molecular complexity index is 501. The summed E-state index contributed by atoms with van der Waals surface area (Å²) in [5.41, 5.74) is 1.08. The van der Waals surface area contributed by atoms with Gasteiger partial charge in [0, 0.05) is 0 Å². The largest absolute Gasteiger partial charge is 0.316 e. The van der Waals surface area contributed by atoms with Crippen LogP contribution in [0.15, 0.2) is 29.2 Å². The molecule has 4 heteroatoms. The van der Waals surface area contributed by atoms with E-state index in [-0.39, 0.29) is 10.3 Å². The maximum absolute atomic E-state index is 11.6. The highest BCUT2D eigenvalue weighted by atomic mass is 32.2. The predicted molar refractivity (Wildman–Crippen MR) is 63.8 cm³/mol. The second-order valence-electron chi connectivity index (χ2n) is 4.68. The third-order valence-corrected chi connectivity index (χ3v) is 3.77. The molecule has 86 valence electrons. The molecule has 0 heterocycles. The van der Waals surface area contributed by atoms with E-state index in [0.717, 1.165) is 5.56 Å². The predicted octanol–water partition coefficient (Wildman–Crippen LogP) is 2.63. The van der Waals surface area contributed by atoms with E-state index in [1.54, 1.807) is 24.3 Å². The van der Waals surface area contributed by atoms with Gasteiger partial charge in [-0.05, 0) is 23.1 Å². The van der Waals surface area contributed by atoms with Crippen molar-refractivity contribution < 1.29 is 8.42 Å².